The first-order chi connectivity index (χ1) is 8.24. The molecule has 0 aromatic heterocycles. The zero-order chi connectivity index (χ0) is 13.9. The summed E-state index contributed by atoms with van der Waals surface area (Å²) in [6.45, 7) is 3.22. The molecule has 0 aliphatic heterocycles. The molecule has 1 atom stereocenters. The average Bonchev–Trinajstić information content (AvgIpc) is 2.29. The van der Waals surface area contributed by atoms with E-state index in [1.807, 2.05) is 0 Å². The molecule has 0 saturated heterocycles. The van der Waals surface area contributed by atoms with Crippen molar-refractivity contribution in [1.82, 2.24) is 0 Å². The Morgan fingerprint density at radius 3 is 2.50 bits per heavy atom. The van der Waals surface area contributed by atoms with Crippen LogP contribution >= 0.6 is 11.6 Å². The summed E-state index contributed by atoms with van der Waals surface area (Å²) >= 11 is 5.82. The normalized spacial score (nSPS) is 13.8. The molecule has 0 aliphatic rings. The predicted octanol–water partition coefficient (Wildman–Crippen LogP) is 1.85. The third-order valence-corrected chi connectivity index (χ3v) is 6.66. The van der Waals surface area contributed by atoms with Gasteiger partial charge in [0.2, 0.25) is 0 Å². The summed E-state index contributed by atoms with van der Waals surface area (Å²) in [5.41, 5.74) is 5.95. The smallest absolute Gasteiger partial charge is 0.153 e. The molecule has 1 aromatic rings. The Hall–Kier alpha value is -0.590. The highest BCUT2D eigenvalue weighted by atomic mass is 35.5. The van der Waals surface area contributed by atoms with E-state index in [-0.39, 0.29) is 11.5 Å². The second-order valence-corrected chi connectivity index (χ2v) is 8.80. The Labute approximate surface area is 115 Å². The van der Waals surface area contributed by atoms with Crippen LogP contribution in [0.1, 0.15) is 13.8 Å². The molecule has 0 aliphatic carbocycles. The molecule has 1 unspecified atom stereocenters. The number of hydrogen-bond donors (Lipinski definition) is 1. The van der Waals surface area contributed by atoms with E-state index in [4.69, 9.17) is 17.3 Å². The van der Waals surface area contributed by atoms with Gasteiger partial charge < -0.3 is 5.73 Å². The summed E-state index contributed by atoms with van der Waals surface area (Å²) in [4.78, 5) is 0.494. The molecule has 0 radical (unpaired) electrons. The minimum atomic E-state index is -3.17. The maximum atomic E-state index is 11.9. The monoisotopic (exact) mass is 309 g/mol. The van der Waals surface area contributed by atoms with Crippen LogP contribution < -0.4 is 5.73 Å². The van der Waals surface area contributed by atoms with Crippen molar-refractivity contribution in [3.8, 4) is 0 Å². The van der Waals surface area contributed by atoms with E-state index in [1.54, 1.807) is 26.0 Å². The quantitative estimate of drug-likeness (QED) is 0.842. The number of nitrogens with two attached hydrogens (primary N) is 1. The van der Waals surface area contributed by atoms with Crippen LogP contribution in [0.2, 0.25) is 5.02 Å². The number of sulfone groups is 1. The van der Waals surface area contributed by atoms with E-state index in [9.17, 15) is 12.6 Å². The fraction of sp³-hybridized carbons (Fsp3) is 0.455. The van der Waals surface area contributed by atoms with Gasteiger partial charge in [-0.05, 0) is 32.0 Å². The number of halogens is 1. The Morgan fingerprint density at radius 1 is 1.39 bits per heavy atom. The van der Waals surface area contributed by atoms with Crippen molar-refractivity contribution in [3.05, 3.63) is 23.2 Å². The molecule has 0 spiro atoms. The van der Waals surface area contributed by atoms with Gasteiger partial charge in [-0.1, -0.05) is 11.6 Å². The second kappa shape index (κ2) is 6.04. The van der Waals surface area contributed by atoms with Crippen molar-refractivity contribution in [1.29, 1.82) is 0 Å². The van der Waals surface area contributed by atoms with Crippen molar-refractivity contribution >= 4 is 37.9 Å². The summed E-state index contributed by atoms with van der Waals surface area (Å²) in [6, 6.07) is 4.67. The zero-order valence-corrected chi connectivity index (χ0v) is 12.6. The molecular formula is C11H16ClNO3S2. The average molecular weight is 310 g/mol. The van der Waals surface area contributed by atoms with E-state index < -0.39 is 25.9 Å². The Bertz CT molecular complexity index is 555. The molecule has 0 saturated carbocycles. The Kier molecular flexibility index (Phi) is 5.19. The van der Waals surface area contributed by atoms with Gasteiger partial charge in [0.1, 0.15) is 0 Å². The van der Waals surface area contributed by atoms with Gasteiger partial charge in [0.05, 0.1) is 32.5 Å². The molecule has 1 aromatic carbocycles. The SMILES string of the molecule is CC(C)S(=O)(=O)CCS(=O)c1ccc(N)c(Cl)c1. The van der Waals surface area contributed by atoms with Crippen LogP contribution in [0.15, 0.2) is 23.1 Å². The van der Waals surface area contributed by atoms with Gasteiger partial charge >= 0.3 is 0 Å². The van der Waals surface area contributed by atoms with Crippen LogP contribution in [-0.4, -0.2) is 29.4 Å². The maximum Gasteiger partial charge on any atom is 0.153 e. The summed E-state index contributed by atoms with van der Waals surface area (Å²) in [7, 11) is -4.55. The summed E-state index contributed by atoms with van der Waals surface area (Å²) in [5, 5.41) is -0.128. The fourth-order valence-corrected chi connectivity index (χ4v) is 4.15. The van der Waals surface area contributed by atoms with E-state index >= 15 is 0 Å². The zero-order valence-electron chi connectivity index (χ0n) is 10.2. The van der Waals surface area contributed by atoms with Crippen LogP contribution in [0.3, 0.4) is 0 Å². The summed E-state index contributed by atoms with van der Waals surface area (Å²) in [6.07, 6.45) is 0. The van der Waals surface area contributed by atoms with Gasteiger partial charge in [-0.15, -0.1) is 0 Å². The van der Waals surface area contributed by atoms with Crippen LogP contribution in [0.5, 0.6) is 0 Å². The minimum Gasteiger partial charge on any atom is -0.398 e. The van der Waals surface area contributed by atoms with Crippen molar-refractivity contribution in [3.63, 3.8) is 0 Å². The van der Waals surface area contributed by atoms with Gasteiger partial charge in [-0.2, -0.15) is 0 Å². The number of hydrogen-bond acceptors (Lipinski definition) is 4. The van der Waals surface area contributed by atoms with Gasteiger partial charge in [0.25, 0.3) is 0 Å². The van der Waals surface area contributed by atoms with E-state index in [0.29, 0.717) is 15.6 Å². The van der Waals surface area contributed by atoms with Gasteiger partial charge in [-0.25, -0.2) is 8.42 Å². The topological polar surface area (TPSA) is 77.2 Å². The standard InChI is InChI=1S/C11H16ClNO3S2/c1-8(2)18(15,16)6-5-17(14)9-3-4-11(13)10(12)7-9/h3-4,7-8H,5-6,13H2,1-2H3. The third-order valence-electron chi connectivity index (χ3n) is 2.51. The first-order valence-electron chi connectivity index (χ1n) is 5.39. The molecule has 0 amide bonds. The predicted molar refractivity (Wildman–Crippen MR) is 76.1 cm³/mol. The van der Waals surface area contributed by atoms with Crippen LogP contribution in [-0.2, 0) is 20.6 Å². The Morgan fingerprint density at radius 2 is 2.00 bits per heavy atom. The molecule has 4 nitrogen and oxygen atoms in total. The molecule has 18 heavy (non-hydrogen) atoms. The van der Waals surface area contributed by atoms with Gasteiger partial charge in [-0.3, -0.25) is 4.21 Å². The Balaban J connectivity index is 2.75. The number of anilines is 1. The number of benzene rings is 1. The molecule has 0 bridgehead atoms. The first kappa shape index (κ1) is 15.5. The lowest BCUT2D eigenvalue weighted by Gasteiger charge is -2.08. The molecule has 0 heterocycles. The molecular weight excluding hydrogens is 294 g/mol. The highest BCUT2D eigenvalue weighted by Crippen LogP contribution is 2.21. The van der Waals surface area contributed by atoms with Gasteiger partial charge in [0.15, 0.2) is 9.84 Å². The summed E-state index contributed by atoms with van der Waals surface area (Å²) < 4.78 is 35.1. The lowest BCUT2D eigenvalue weighted by molar-refractivity contribution is 0.588. The number of nitrogen functional groups attached to an aromatic ring is 1. The number of rotatable bonds is 5. The molecule has 2 N–H and O–H groups in total. The second-order valence-electron chi connectivity index (χ2n) is 4.15. The first-order valence-corrected chi connectivity index (χ1v) is 8.80. The van der Waals surface area contributed by atoms with Crippen molar-refractivity contribution in [2.45, 2.75) is 24.0 Å². The molecule has 102 valence electrons. The lowest BCUT2D eigenvalue weighted by Crippen LogP contribution is -2.21. The van der Waals surface area contributed by atoms with E-state index in [0.717, 1.165) is 0 Å². The lowest BCUT2D eigenvalue weighted by atomic mass is 10.3. The molecule has 1 rings (SSSR count). The third kappa shape index (κ3) is 3.96. The minimum absolute atomic E-state index is 0.0702. The van der Waals surface area contributed by atoms with Crippen molar-refractivity contribution < 1.29 is 12.6 Å². The van der Waals surface area contributed by atoms with Crippen LogP contribution in [0.25, 0.3) is 0 Å². The highest BCUT2D eigenvalue weighted by molar-refractivity contribution is 7.93. The maximum absolute atomic E-state index is 11.9. The largest absolute Gasteiger partial charge is 0.398 e. The van der Waals surface area contributed by atoms with Crippen molar-refractivity contribution in [2.24, 2.45) is 0 Å². The van der Waals surface area contributed by atoms with E-state index in [2.05, 4.69) is 0 Å². The van der Waals surface area contributed by atoms with Gasteiger partial charge in [0, 0.05) is 10.6 Å². The fourth-order valence-electron chi connectivity index (χ4n) is 1.19. The molecule has 0 fully saturated rings. The van der Waals surface area contributed by atoms with Crippen LogP contribution in [0, 0.1) is 0 Å². The van der Waals surface area contributed by atoms with E-state index in [1.165, 1.54) is 6.07 Å². The summed E-state index contributed by atoms with van der Waals surface area (Å²) in [5.74, 6) is -0.0277. The van der Waals surface area contributed by atoms with Crippen molar-refractivity contribution in [2.75, 3.05) is 17.2 Å². The highest BCUT2D eigenvalue weighted by Gasteiger charge is 2.18. The molecule has 7 heteroatoms. The van der Waals surface area contributed by atoms with Crippen LogP contribution in [0.4, 0.5) is 5.69 Å².